The van der Waals surface area contributed by atoms with Crippen molar-refractivity contribution in [3.05, 3.63) is 58.8 Å². The Bertz CT molecular complexity index is 786. The summed E-state index contributed by atoms with van der Waals surface area (Å²) in [5.41, 5.74) is 5.14. The quantitative estimate of drug-likeness (QED) is 0.582. The van der Waals surface area contributed by atoms with Crippen molar-refractivity contribution in [2.24, 2.45) is 4.99 Å². The van der Waals surface area contributed by atoms with Gasteiger partial charge in [0, 0.05) is 52.5 Å². The van der Waals surface area contributed by atoms with Crippen LogP contribution in [0.25, 0.3) is 0 Å². The van der Waals surface area contributed by atoms with E-state index in [0.717, 1.165) is 56.5 Å². The summed E-state index contributed by atoms with van der Waals surface area (Å²) in [7, 11) is 3.98. The summed E-state index contributed by atoms with van der Waals surface area (Å²) < 4.78 is 0. The summed E-state index contributed by atoms with van der Waals surface area (Å²) in [6.45, 7) is 10.1. The first-order chi connectivity index (χ1) is 14.0. The summed E-state index contributed by atoms with van der Waals surface area (Å²) in [5.74, 6) is 1.88. The van der Waals surface area contributed by atoms with Crippen LogP contribution in [0.5, 0.6) is 0 Å². The van der Waals surface area contributed by atoms with E-state index in [9.17, 15) is 0 Å². The molecule has 1 aliphatic heterocycles. The topological polar surface area (TPSA) is 55.8 Å². The number of likely N-dealkylation sites (N-methyl/N-ethyl adjacent to an activating group) is 1. The molecule has 0 radical (unpaired) electrons. The molecule has 1 saturated heterocycles. The van der Waals surface area contributed by atoms with Crippen molar-refractivity contribution in [3.63, 3.8) is 0 Å². The molecule has 0 aliphatic carbocycles. The minimum Gasteiger partial charge on any atom is -0.356 e. The Balaban J connectivity index is 1.44. The molecule has 0 atom stereocenters. The number of hydrogen-bond acceptors (Lipinski definition) is 4. The summed E-state index contributed by atoms with van der Waals surface area (Å²) in [6.07, 6.45) is 2.94. The van der Waals surface area contributed by atoms with Crippen LogP contribution >= 0.6 is 0 Å². The first-order valence-electron chi connectivity index (χ1n) is 10.4. The first-order valence-corrected chi connectivity index (χ1v) is 10.4. The second-order valence-electron chi connectivity index (χ2n) is 7.91. The molecule has 0 bridgehead atoms. The monoisotopic (exact) mass is 394 g/mol. The third-order valence-corrected chi connectivity index (χ3v) is 5.31. The van der Waals surface area contributed by atoms with E-state index in [1.807, 2.05) is 6.20 Å². The molecular formula is C23H34N6. The number of pyridine rings is 1. The number of rotatable bonds is 6. The lowest BCUT2D eigenvalue weighted by Gasteiger charge is -2.33. The average molecular weight is 395 g/mol. The highest BCUT2D eigenvalue weighted by Crippen LogP contribution is 2.13. The highest BCUT2D eigenvalue weighted by molar-refractivity contribution is 5.79. The van der Waals surface area contributed by atoms with E-state index in [1.54, 1.807) is 7.05 Å². The molecule has 1 fully saturated rings. The van der Waals surface area contributed by atoms with Crippen LogP contribution < -0.4 is 15.5 Å². The number of anilines is 1. The largest absolute Gasteiger partial charge is 0.356 e. The third kappa shape index (κ3) is 6.46. The first kappa shape index (κ1) is 21.1. The van der Waals surface area contributed by atoms with Gasteiger partial charge in [-0.05, 0) is 44.5 Å². The van der Waals surface area contributed by atoms with Crippen molar-refractivity contribution < 1.29 is 0 Å². The van der Waals surface area contributed by atoms with Gasteiger partial charge in [0.05, 0.1) is 0 Å². The molecule has 1 aromatic carbocycles. The number of benzene rings is 1. The molecule has 1 aromatic heterocycles. The SMILES string of the molecule is CN=C(NCCc1cc(C)cc(C)c1)NCc1ccc(N2CCN(C)CC2)nc1. The van der Waals surface area contributed by atoms with Crippen molar-refractivity contribution in [1.29, 1.82) is 0 Å². The zero-order chi connectivity index (χ0) is 20.6. The summed E-state index contributed by atoms with van der Waals surface area (Å²) >= 11 is 0. The molecule has 0 amide bonds. The minimum absolute atomic E-state index is 0.708. The van der Waals surface area contributed by atoms with Gasteiger partial charge in [0.15, 0.2) is 5.96 Å². The van der Waals surface area contributed by atoms with Crippen LogP contribution in [0.1, 0.15) is 22.3 Å². The fourth-order valence-electron chi connectivity index (χ4n) is 3.69. The van der Waals surface area contributed by atoms with E-state index in [0.29, 0.717) is 6.54 Å². The molecule has 3 rings (SSSR count). The fraction of sp³-hybridized carbons (Fsp3) is 0.478. The van der Waals surface area contributed by atoms with Gasteiger partial charge in [-0.1, -0.05) is 35.4 Å². The van der Waals surface area contributed by atoms with Crippen molar-refractivity contribution >= 4 is 11.8 Å². The Kier molecular flexibility index (Phi) is 7.47. The van der Waals surface area contributed by atoms with Crippen LogP contribution in [0, 0.1) is 13.8 Å². The highest BCUT2D eigenvalue weighted by Gasteiger charge is 2.14. The molecule has 6 nitrogen and oxygen atoms in total. The van der Waals surface area contributed by atoms with E-state index in [4.69, 9.17) is 0 Å². The van der Waals surface area contributed by atoms with Crippen molar-refractivity contribution in [2.75, 3.05) is 51.7 Å². The zero-order valence-electron chi connectivity index (χ0n) is 18.2. The Hall–Kier alpha value is -2.60. The van der Waals surface area contributed by atoms with Crippen LogP contribution in [0.2, 0.25) is 0 Å². The van der Waals surface area contributed by atoms with Gasteiger partial charge in [0.1, 0.15) is 5.82 Å². The van der Waals surface area contributed by atoms with E-state index >= 15 is 0 Å². The number of aryl methyl sites for hydroxylation is 2. The molecule has 2 aromatic rings. The van der Waals surface area contributed by atoms with Gasteiger partial charge in [0.25, 0.3) is 0 Å². The van der Waals surface area contributed by atoms with E-state index in [-0.39, 0.29) is 0 Å². The predicted octanol–water partition coefficient (Wildman–Crippen LogP) is 2.36. The molecule has 6 heteroatoms. The third-order valence-electron chi connectivity index (χ3n) is 5.31. The summed E-state index contributed by atoms with van der Waals surface area (Å²) in [6, 6.07) is 11.0. The van der Waals surface area contributed by atoms with Crippen molar-refractivity contribution in [3.8, 4) is 0 Å². The number of aromatic nitrogens is 1. The number of guanidine groups is 1. The molecule has 1 aliphatic rings. The number of nitrogens with one attached hydrogen (secondary N) is 2. The van der Waals surface area contributed by atoms with Crippen molar-refractivity contribution in [2.45, 2.75) is 26.8 Å². The second kappa shape index (κ2) is 10.3. The molecule has 2 heterocycles. The smallest absolute Gasteiger partial charge is 0.191 e. The average Bonchev–Trinajstić information content (AvgIpc) is 2.71. The molecule has 0 spiro atoms. The second-order valence-corrected chi connectivity index (χ2v) is 7.91. The summed E-state index contributed by atoms with van der Waals surface area (Å²) in [4.78, 5) is 13.7. The van der Waals surface area contributed by atoms with Gasteiger partial charge in [-0.3, -0.25) is 4.99 Å². The predicted molar refractivity (Wildman–Crippen MR) is 122 cm³/mol. The number of nitrogens with zero attached hydrogens (tertiary/aromatic N) is 4. The van der Waals surface area contributed by atoms with E-state index in [1.165, 1.54) is 16.7 Å². The molecule has 0 unspecified atom stereocenters. The Labute approximate surface area is 175 Å². The molecule has 156 valence electrons. The minimum atomic E-state index is 0.708. The molecule has 2 N–H and O–H groups in total. The number of aliphatic imine (C=N–C) groups is 1. The summed E-state index contributed by atoms with van der Waals surface area (Å²) in [5, 5.41) is 6.78. The fourth-order valence-corrected chi connectivity index (χ4v) is 3.69. The molecular weight excluding hydrogens is 360 g/mol. The van der Waals surface area contributed by atoms with Gasteiger partial charge >= 0.3 is 0 Å². The number of piperazine rings is 1. The Morgan fingerprint density at radius 2 is 1.72 bits per heavy atom. The van der Waals surface area contributed by atoms with E-state index < -0.39 is 0 Å². The Morgan fingerprint density at radius 1 is 1.00 bits per heavy atom. The van der Waals surface area contributed by atoms with E-state index in [2.05, 4.69) is 81.6 Å². The van der Waals surface area contributed by atoms with Crippen LogP contribution in [-0.2, 0) is 13.0 Å². The number of hydrogen-bond donors (Lipinski definition) is 2. The highest BCUT2D eigenvalue weighted by atomic mass is 15.3. The lowest BCUT2D eigenvalue weighted by atomic mass is 10.1. The van der Waals surface area contributed by atoms with Gasteiger partial charge in [-0.15, -0.1) is 0 Å². The Morgan fingerprint density at radius 3 is 2.34 bits per heavy atom. The van der Waals surface area contributed by atoms with Crippen LogP contribution in [0.3, 0.4) is 0 Å². The van der Waals surface area contributed by atoms with Gasteiger partial charge in [-0.25, -0.2) is 4.98 Å². The maximum Gasteiger partial charge on any atom is 0.191 e. The van der Waals surface area contributed by atoms with Crippen LogP contribution in [0.15, 0.2) is 41.5 Å². The normalized spacial score (nSPS) is 15.4. The van der Waals surface area contributed by atoms with Gasteiger partial charge in [-0.2, -0.15) is 0 Å². The molecule has 29 heavy (non-hydrogen) atoms. The maximum absolute atomic E-state index is 4.66. The zero-order valence-corrected chi connectivity index (χ0v) is 18.2. The molecule has 0 saturated carbocycles. The maximum atomic E-state index is 4.66. The van der Waals surface area contributed by atoms with Crippen molar-refractivity contribution in [1.82, 2.24) is 20.5 Å². The lowest BCUT2D eigenvalue weighted by molar-refractivity contribution is 0.312. The van der Waals surface area contributed by atoms with Gasteiger partial charge < -0.3 is 20.4 Å². The van der Waals surface area contributed by atoms with Gasteiger partial charge in [0.2, 0.25) is 0 Å². The van der Waals surface area contributed by atoms with Crippen LogP contribution in [0.4, 0.5) is 5.82 Å². The standard InChI is InChI=1S/C23H34N6/c1-18-13-19(2)15-20(14-18)7-8-25-23(24-3)27-17-21-5-6-22(26-16-21)29-11-9-28(4)10-12-29/h5-6,13-16H,7-12,17H2,1-4H3,(H2,24,25,27). The van der Waals surface area contributed by atoms with Crippen LogP contribution in [-0.4, -0.2) is 62.7 Å². The lowest BCUT2D eigenvalue weighted by Crippen LogP contribution is -2.44.